The molecule has 1 nitrogen and oxygen atoms in total. The Morgan fingerprint density at radius 2 is 1.38 bits per heavy atom. The first kappa shape index (κ1) is 17.0. The maximum Gasteiger partial charge on any atom is 0.212 e. The monoisotopic (exact) mass is 397 g/mol. The fourth-order valence-corrected chi connectivity index (χ4v) is 4.78. The molecular weight excluding hydrogens is 380 g/mol. The van der Waals surface area contributed by atoms with Gasteiger partial charge in [-0.25, -0.2) is 0 Å². The topological polar surface area (TPSA) is 17.1 Å². The molecule has 0 fully saturated rings. The predicted molar refractivity (Wildman–Crippen MR) is 106 cm³/mol. The van der Waals surface area contributed by atoms with Gasteiger partial charge in [-0.15, -0.1) is 0 Å². The van der Waals surface area contributed by atoms with E-state index in [1.807, 2.05) is 48.5 Å². The summed E-state index contributed by atoms with van der Waals surface area (Å²) in [5.41, 5.74) is 2.06. The van der Waals surface area contributed by atoms with Gasteiger partial charge in [-0.2, -0.15) is 0 Å². The van der Waals surface area contributed by atoms with Crippen LogP contribution >= 0.6 is 15.9 Å². The van der Waals surface area contributed by atoms with Crippen molar-refractivity contribution in [2.45, 2.75) is 10.6 Å². The minimum absolute atomic E-state index is 0.148. The van der Waals surface area contributed by atoms with Crippen LogP contribution in [0.5, 0.6) is 0 Å². The van der Waals surface area contributed by atoms with Gasteiger partial charge in [-0.1, -0.05) is 76.6 Å². The molecule has 0 heterocycles. The highest BCUT2D eigenvalue weighted by atomic mass is 79.9. The van der Waals surface area contributed by atoms with E-state index in [1.165, 1.54) is 10.5 Å². The van der Waals surface area contributed by atoms with Crippen LogP contribution in [0.15, 0.2) is 94.3 Å². The number of carbonyl (C=O) groups is 1. The fraction of sp³-hybridized carbons (Fsp3) is 0.0952. The van der Waals surface area contributed by atoms with Gasteiger partial charge in [0.2, 0.25) is 5.78 Å². The Kier molecular flexibility index (Phi) is 5.89. The Balaban J connectivity index is 1.84. The van der Waals surface area contributed by atoms with Gasteiger partial charge in [0.05, 0.1) is 0 Å². The maximum atomic E-state index is 12.7. The lowest BCUT2D eigenvalue weighted by Gasteiger charge is -2.09. The smallest absolute Gasteiger partial charge is 0.212 e. The summed E-state index contributed by atoms with van der Waals surface area (Å²) in [5.74, 6) is 1.64. The second kappa shape index (κ2) is 8.32. The Morgan fingerprint density at radius 3 is 2.00 bits per heavy atom. The highest BCUT2D eigenvalue weighted by molar-refractivity contribution is 9.10. The van der Waals surface area contributed by atoms with E-state index in [0.29, 0.717) is 5.75 Å². The Bertz CT molecular complexity index is 785. The van der Waals surface area contributed by atoms with Crippen LogP contribution in [-0.2, 0) is 16.6 Å². The number of hydrogen-bond donors (Lipinski definition) is 0. The average Bonchev–Trinajstić information content (AvgIpc) is 2.63. The molecule has 3 aromatic rings. The summed E-state index contributed by atoms with van der Waals surface area (Å²) in [4.78, 5) is 13.9. The van der Waals surface area contributed by atoms with Crippen molar-refractivity contribution in [1.82, 2.24) is 0 Å². The van der Waals surface area contributed by atoms with Gasteiger partial charge >= 0.3 is 0 Å². The first-order chi connectivity index (χ1) is 11.7. The maximum absolute atomic E-state index is 12.7. The van der Waals surface area contributed by atoms with Crippen LogP contribution in [0.1, 0.15) is 15.9 Å². The van der Waals surface area contributed by atoms with Crippen molar-refractivity contribution in [2.75, 3.05) is 5.75 Å². The van der Waals surface area contributed by atoms with Crippen molar-refractivity contribution in [3.63, 3.8) is 0 Å². The predicted octanol–water partition coefficient (Wildman–Crippen LogP) is 5.51. The third-order valence-corrected chi connectivity index (χ3v) is 6.49. The zero-order chi connectivity index (χ0) is 16.8. The Hall–Kier alpha value is -1.84. The fourth-order valence-electron chi connectivity index (χ4n) is 2.49. The molecule has 0 bridgehead atoms. The molecule has 0 amide bonds. The number of carbonyl (C=O) groups excluding carboxylic acids is 1. The van der Waals surface area contributed by atoms with Gasteiger partial charge in [-0.05, 0) is 24.3 Å². The molecule has 0 saturated carbocycles. The Morgan fingerprint density at radius 1 is 0.792 bits per heavy atom. The normalized spacial score (nSPS) is 11.9. The molecule has 0 N–H and O–H groups in total. The third kappa shape index (κ3) is 4.59. The standard InChI is InChI=1S/C21H18BrOS/c22-19-11-13-20(14-12-19)24(15-17-7-3-1-4-8-17)16-21(23)18-9-5-2-6-10-18/h1-14H,15-16H2/q+1. The van der Waals surface area contributed by atoms with Crippen LogP contribution in [0.25, 0.3) is 0 Å². The third-order valence-electron chi connectivity index (χ3n) is 3.73. The molecule has 24 heavy (non-hydrogen) atoms. The quantitative estimate of drug-likeness (QED) is 0.395. The number of Topliss-reactive ketones (excluding diaryl/α,β-unsaturated/α-hetero) is 1. The first-order valence-electron chi connectivity index (χ1n) is 7.77. The van der Waals surface area contributed by atoms with Gasteiger partial charge in [-0.3, -0.25) is 4.79 Å². The number of halogens is 1. The van der Waals surface area contributed by atoms with Gasteiger partial charge in [0.25, 0.3) is 0 Å². The molecule has 0 aromatic heterocycles. The summed E-state index contributed by atoms with van der Waals surface area (Å²) < 4.78 is 1.06. The van der Waals surface area contributed by atoms with Crippen LogP contribution in [0.2, 0.25) is 0 Å². The number of rotatable bonds is 6. The summed E-state index contributed by atoms with van der Waals surface area (Å²) in [6, 6.07) is 28.3. The van der Waals surface area contributed by atoms with Crippen molar-refractivity contribution in [3.8, 4) is 0 Å². The van der Waals surface area contributed by atoms with Gasteiger partial charge in [0.1, 0.15) is 5.75 Å². The highest BCUT2D eigenvalue weighted by Gasteiger charge is 2.26. The summed E-state index contributed by atoms with van der Waals surface area (Å²) in [7, 11) is -0.148. The van der Waals surface area contributed by atoms with E-state index in [0.717, 1.165) is 15.8 Å². The summed E-state index contributed by atoms with van der Waals surface area (Å²) in [5, 5.41) is 0. The van der Waals surface area contributed by atoms with Gasteiger partial charge in [0.15, 0.2) is 10.6 Å². The zero-order valence-corrected chi connectivity index (χ0v) is 15.6. The van der Waals surface area contributed by atoms with Crippen molar-refractivity contribution in [1.29, 1.82) is 0 Å². The lowest BCUT2D eigenvalue weighted by molar-refractivity contribution is 0.102. The van der Waals surface area contributed by atoms with Crippen molar-refractivity contribution < 1.29 is 4.79 Å². The second-order valence-electron chi connectivity index (χ2n) is 5.51. The molecule has 1 unspecified atom stereocenters. The average molecular weight is 398 g/mol. The van der Waals surface area contributed by atoms with Crippen LogP contribution in [0.4, 0.5) is 0 Å². The van der Waals surface area contributed by atoms with Gasteiger partial charge < -0.3 is 0 Å². The van der Waals surface area contributed by atoms with Crippen molar-refractivity contribution in [2.24, 2.45) is 0 Å². The summed E-state index contributed by atoms with van der Waals surface area (Å²) in [6.07, 6.45) is 0. The van der Waals surface area contributed by atoms with Crippen LogP contribution < -0.4 is 0 Å². The molecule has 0 radical (unpaired) electrons. The van der Waals surface area contributed by atoms with Crippen LogP contribution in [-0.4, -0.2) is 11.5 Å². The van der Waals surface area contributed by atoms with Crippen LogP contribution in [0.3, 0.4) is 0 Å². The van der Waals surface area contributed by atoms with E-state index >= 15 is 0 Å². The van der Waals surface area contributed by atoms with E-state index in [-0.39, 0.29) is 16.7 Å². The largest absolute Gasteiger partial charge is 0.289 e. The molecule has 3 rings (SSSR count). The first-order valence-corrected chi connectivity index (χ1v) is 10.1. The molecular formula is C21H18BrOS+. The van der Waals surface area contributed by atoms with Crippen molar-refractivity contribution in [3.05, 3.63) is 101 Å². The Labute approximate surface area is 154 Å². The number of benzene rings is 3. The molecule has 0 aliphatic heterocycles. The number of hydrogen-bond acceptors (Lipinski definition) is 1. The van der Waals surface area contributed by atoms with Crippen LogP contribution in [0, 0.1) is 0 Å². The van der Waals surface area contributed by atoms with Crippen molar-refractivity contribution >= 4 is 32.6 Å². The molecule has 3 heteroatoms. The van der Waals surface area contributed by atoms with E-state index in [1.54, 1.807) is 0 Å². The minimum atomic E-state index is -0.148. The molecule has 0 aliphatic carbocycles. The van der Waals surface area contributed by atoms with E-state index in [9.17, 15) is 4.79 Å². The second-order valence-corrected chi connectivity index (χ2v) is 8.46. The lowest BCUT2D eigenvalue weighted by Crippen LogP contribution is -2.19. The number of ketones is 1. The summed E-state index contributed by atoms with van der Waals surface area (Å²) in [6.45, 7) is 0. The molecule has 3 aromatic carbocycles. The highest BCUT2D eigenvalue weighted by Crippen LogP contribution is 2.22. The molecule has 0 spiro atoms. The molecule has 1 atom stereocenters. The minimum Gasteiger partial charge on any atom is -0.289 e. The van der Waals surface area contributed by atoms with Gasteiger partial charge in [0, 0.05) is 26.5 Å². The molecule has 120 valence electrons. The SMILES string of the molecule is O=C(C[S+](Cc1ccccc1)c1ccc(Br)cc1)c1ccccc1. The molecule has 0 aliphatic rings. The van der Waals surface area contributed by atoms with E-state index in [4.69, 9.17) is 0 Å². The lowest BCUT2D eigenvalue weighted by atomic mass is 10.2. The summed E-state index contributed by atoms with van der Waals surface area (Å²) >= 11 is 3.49. The van der Waals surface area contributed by atoms with E-state index < -0.39 is 0 Å². The van der Waals surface area contributed by atoms with E-state index in [2.05, 4.69) is 52.3 Å². The molecule has 0 saturated heterocycles. The zero-order valence-electron chi connectivity index (χ0n) is 13.2.